The molecular weight excluding hydrogens is 480 g/mol. The molecule has 0 spiro atoms. The van der Waals surface area contributed by atoms with Gasteiger partial charge in [0, 0.05) is 12.6 Å². The van der Waals surface area contributed by atoms with Gasteiger partial charge >= 0.3 is 0 Å². The zero-order valence-electron chi connectivity index (χ0n) is 21.9. The van der Waals surface area contributed by atoms with Gasteiger partial charge in [0.1, 0.15) is 11.3 Å². The van der Waals surface area contributed by atoms with E-state index in [4.69, 9.17) is 0 Å². The SMILES string of the molecule is CC12CCC3C(CCC4C[C@H](O)CCC43C)C1CCC2CCCc1ncc2c(F)c(F)c(F)c(F)c2n1. The maximum Gasteiger partial charge on any atom is 0.199 e. The van der Waals surface area contributed by atoms with Gasteiger partial charge in [-0.15, -0.1) is 0 Å². The Balaban J connectivity index is 1.13. The molecule has 8 atom stereocenters. The Labute approximate surface area is 216 Å². The van der Waals surface area contributed by atoms with Crippen molar-refractivity contribution in [1.29, 1.82) is 0 Å². The summed E-state index contributed by atoms with van der Waals surface area (Å²) in [6, 6.07) is 0. The smallest absolute Gasteiger partial charge is 0.199 e. The van der Waals surface area contributed by atoms with E-state index >= 15 is 0 Å². The number of hydrogen-bond acceptors (Lipinski definition) is 3. The molecule has 4 aliphatic rings. The molecule has 0 bridgehead atoms. The van der Waals surface area contributed by atoms with Crippen LogP contribution in [0.1, 0.15) is 90.3 Å². The number of aliphatic hydroxyl groups is 1. The van der Waals surface area contributed by atoms with Gasteiger partial charge in [-0.1, -0.05) is 13.8 Å². The molecule has 7 heteroatoms. The second kappa shape index (κ2) is 9.17. The number of aryl methyl sites for hydroxylation is 1. The largest absolute Gasteiger partial charge is 0.393 e. The minimum absolute atomic E-state index is 0.110. The number of nitrogens with zero attached hydrogens (tertiary/aromatic N) is 2. The molecule has 3 nitrogen and oxygen atoms in total. The summed E-state index contributed by atoms with van der Waals surface area (Å²) >= 11 is 0. The lowest BCUT2D eigenvalue weighted by Crippen LogP contribution is -2.53. The van der Waals surface area contributed by atoms with E-state index in [0.29, 0.717) is 34.9 Å². The minimum Gasteiger partial charge on any atom is -0.393 e. The van der Waals surface area contributed by atoms with Crippen LogP contribution in [0.3, 0.4) is 0 Å². The average molecular weight is 519 g/mol. The van der Waals surface area contributed by atoms with Crippen molar-refractivity contribution in [2.75, 3.05) is 0 Å². The standard InChI is InChI=1S/C30H38F4N2O/c1-29-13-11-22-19(8-6-17-14-18(37)10-12-30(17,22)2)21(29)9-7-16(29)4-3-5-23-35-15-20-24(31)25(32)26(33)27(34)28(20)36-23/h15-19,21-22,37H,3-14H2,1-2H3/t16?,17?,18-,19?,21?,22?,29?,30?/m1/s1. The highest BCUT2D eigenvalue weighted by Gasteiger charge is 2.59. The van der Waals surface area contributed by atoms with E-state index in [-0.39, 0.29) is 6.10 Å². The van der Waals surface area contributed by atoms with Crippen molar-refractivity contribution in [2.45, 2.75) is 97.0 Å². The number of hydrogen-bond donors (Lipinski definition) is 1. The van der Waals surface area contributed by atoms with Gasteiger partial charge in [0.15, 0.2) is 23.3 Å². The van der Waals surface area contributed by atoms with Crippen molar-refractivity contribution in [1.82, 2.24) is 9.97 Å². The van der Waals surface area contributed by atoms with Crippen molar-refractivity contribution in [2.24, 2.45) is 40.4 Å². The molecule has 6 rings (SSSR count). The number of halogens is 4. The lowest BCUT2D eigenvalue weighted by Gasteiger charge is -2.61. The molecule has 4 saturated carbocycles. The molecule has 37 heavy (non-hydrogen) atoms. The molecule has 202 valence electrons. The Morgan fingerprint density at radius 2 is 1.59 bits per heavy atom. The quantitative estimate of drug-likeness (QED) is 0.259. The fourth-order valence-electron chi connectivity index (χ4n) is 9.61. The fraction of sp³-hybridized carbons (Fsp3) is 0.733. The molecule has 0 radical (unpaired) electrons. The summed E-state index contributed by atoms with van der Waals surface area (Å²) in [4.78, 5) is 8.18. The van der Waals surface area contributed by atoms with Gasteiger partial charge < -0.3 is 5.11 Å². The predicted molar refractivity (Wildman–Crippen MR) is 134 cm³/mol. The minimum atomic E-state index is -1.83. The number of fused-ring (bicyclic) bond motifs is 6. The van der Waals surface area contributed by atoms with Crippen LogP contribution in [0, 0.1) is 63.7 Å². The van der Waals surface area contributed by atoms with Crippen molar-refractivity contribution < 1.29 is 22.7 Å². The molecule has 1 aromatic carbocycles. The van der Waals surface area contributed by atoms with E-state index in [1.54, 1.807) is 0 Å². The van der Waals surface area contributed by atoms with E-state index in [1.165, 1.54) is 44.9 Å². The lowest BCUT2D eigenvalue weighted by atomic mass is 9.44. The molecule has 0 saturated heterocycles. The first-order chi connectivity index (χ1) is 17.6. The van der Waals surface area contributed by atoms with Crippen LogP contribution >= 0.6 is 0 Å². The number of rotatable bonds is 4. The van der Waals surface area contributed by atoms with Crippen LogP contribution in [0.2, 0.25) is 0 Å². The molecular formula is C30H38F4N2O. The topological polar surface area (TPSA) is 46.0 Å². The molecule has 4 aliphatic carbocycles. The van der Waals surface area contributed by atoms with Crippen LogP contribution in [-0.4, -0.2) is 21.2 Å². The van der Waals surface area contributed by atoms with Gasteiger partial charge in [0.2, 0.25) is 0 Å². The Morgan fingerprint density at radius 3 is 2.41 bits per heavy atom. The average Bonchev–Trinajstić information content (AvgIpc) is 3.22. The van der Waals surface area contributed by atoms with Crippen LogP contribution in [0.15, 0.2) is 6.20 Å². The van der Waals surface area contributed by atoms with E-state index in [2.05, 4.69) is 23.8 Å². The lowest BCUT2D eigenvalue weighted by molar-refractivity contribution is -0.126. The van der Waals surface area contributed by atoms with Gasteiger partial charge in [0.25, 0.3) is 0 Å². The van der Waals surface area contributed by atoms with Crippen LogP contribution in [0.4, 0.5) is 17.6 Å². The molecule has 0 amide bonds. The van der Waals surface area contributed by atoms with Crippen molar-refractivity contribution in [3.8, 4) is 0 Å². The van der Waals surface area contributed by atoms with Crippen LogP contribution in [-0.2, 0) is 6.42 Å². The molecule has 0 aliphatic heterocycles. The predicted octanol–water partition coefficient (Wildman–Crippen LogP) is 7.53. The monoisotopic (exact) mass is 518 g/mol. The summed E-state index contributed by atoms with van der Waals surface area (Å²) in [5.74, 6) is -2.61. The normalized spacial score (nSPS) is 39.3. The fourth-order valence-corrected chi connectivity index (χ4v) is 9.61. The van der Waals surface area contributed by atoms with Crippen LogP contribution < -0.4 is 0 Å². The Morgan fingerprint density at radius 1 is 0.865 bits per heavy atom. The van der Waals surface area contributed by atoms with E-state index < -0.39 is 34.2 Å². The molecule has 4 fully saturated rings. The molecule has 1 N–H and O–H groups in total. The maximum absolute atomic E-state index is 14.2. The van der Waals surface area contributed by atoms with E-state index in [1.807, 2.05) is 0 Å². The number of aromatic nitrogens is 2. The maximum atomic E-state index is 14.2. The van der Waals surface area contributed by atoms with Gasteiger partial charge in [0.05, 0.1) is 11.5 Å². The molecule has 1 heterocycles. The highest BCUT2D eigenvalue weighted by atomic mass is 19.2. The zero-order chi connectivity index (χ0) is 26.1. The highest BCUT2D eigenvalue weighted by Crippen LogP contribution is 2.67. The molecule has 1 aromatic heterocycles. The summed E-state index contributed by atoms with van der Waals surface area (Å²) in [7, 11) is 0. The van der Waals surface area contributed by atoms with E-state index in [0.717, 1.165) is 49.6 Å². The van der Waals surface area contributed by atoms with Gasteiger partial charge in [-0.05, 0) is 111 Å². The summed E-state index contributed by atoms with van der Waals surface area (Å²) in [6.07, 6.45) is 14.0. The highest BCUT2D eigenvalue weighted by molar-refractivity contribution is 5.79. The Hall–Kier alpha value is -1.76. The van der Waals surface area contributed by atoms with Gasteiger partial charge in [-0.25, -0.2) is 27.5 Å². The molecule has 7 unspecified atom stereocenters. The van der Waals surface area contributed by atoms with Crippen molar-refractivity contribution >= 4 is 10.9 Å². The second-order valence-electron chi connectivity index (χ2n) is 13.1. The Kier molecular flexibility index (Phi) is 6.32. The van der Waals surface area contributed by atoms with Crippen LogP contribution in [0.5, 0.6) is 0 Å². The number of benzene rings is 1. The van der Waals surface area contributed by atoms with E-state index in [9.17, 15) is 22.7 Å². The zero-order valence-corrected chi connectivity index (χ0v) is 21.9. The summed E-state index contributed by atoms with van der Waals surface area (Å²) in [6.45, 7) is 5.03. The first-order valence-electron chi connectivity index (χ1n) is 14.3. The third-order valence-electron chi connectivity index (χ3n) is 11.6. The first kappa shape index (κ1) is 25.5. The third kappa shape index (κ3) is 3.92. The molecule has 2 aromatic rings. The first-order valence-corrected chi connectivity index (χ1v) is 14.3. The third-order valence-corrected chi connectivity index (χ3v) is 11.6. The van der Waals surface area contributed by atoms with Crippen molar-refractivity contribution in [3.05, 3.63) is 35.3 Å². The Bertz CT molecular complexity index is 1210. The summed E-state index contributed by atoms with van der Waals surface area (Å²) in [5.41, 5.74) is 0.220. The number of aliphatic hydroxyl groups excluding tert-OH is 1. The van der Waals surface area contributed by atoms with Gasteiger partial charge in [-0.3, -0.25) is 0 Å². The second-order valence-corrected chi connectivity index (χ2v) is 13.1. The summed E-state index contributed by atoms with van der Waals surface area (Å²) < 4.78 is 55.5. The summed E-state index contributed by atoms with van der Waals surface area (Å²) in [5, 5.41) is 9.84. The van der Waals surface area contributed by atoms with Crippen molar-refractivity contribution in [3.63, 3.8) is 0 Å². The van der Waals surface area contributed by atoms with Crippen LogP contribution in [0.25, 0.3) is 10.9 Å². The van der Waals surface area contributed by atoms with Gasteiger partial charge in [-0.2, -0.15) is 0 Å².